The number of nitrogens with one attached hydrogen (secondary N) is 2. The molecule has 2 atom stereocenters. The fourth-order valence-corrected chi connectivity index (χ4v) is 4.48. The van der Waals surface area contributed by atoms with Gasteiger partial charge in [0.05, 0.1) is 19.3 Å². The van der Waals surface area contributed by atoms with Gasteiger partial charge in [0.1, 0.15) is 18.2 Å². The summed E-state index contributed by atoms with van der Waals surface area (Å²) < 4.78 is 64.2. The SMILES string of the molecule is CCOC[C@@H]1OCCN(S(=O)(=O)NC(=O)c2coc(Nc3cc(C)c(F)cc3C)n2)C[C@H]1OC. The summed E-state index contributed by atoms with van der Waals surface area (Å²) >= 11 is 0. The molecule has 1 aliphatic rings. The van der Waals surface area contributed by atoms with Crippen molar-refractivity contribution in [3.05, 3.63) is 41.0 Å². The van der Waals surface area contributed by atoms with Crippen LogP contribution < -0.4 is 10.0 Å². The van der Waals surface area contributed by atoms with Crippen LogP contribution in [0.25, 0.3) is 0 Å². The molecule has 0 saturated carbocycles. The summed E-state index contributed by atoms with van der Waals surface area (Å²) in [6.07, 6.45) is 0.00937. The maximum absolute atomic E-state index is 13.7. The number of anilines is 2. The van der Waals surface area contributed by atoms with Crippen LogP contribution in [0.4, 0.5) is 16.1 Å². The van der Waals surface area contributed by atoms with Crippen molar-refractivity contribution in [1.82, 2.24) is 14.0 Å². The van der Waals surface area contributed by atoms with E-state index in [4.69, 9.17) is 18.6 Å². The van der Waals surface area contributed by atoms with Gasteiger partial charge in [0.15, 0.2) is 5.69 Å². The van der Waals surface area contributed by atoms with E-state index in [1.165, 1.54) is 13.2 Å². The molecule has 0 radical (unpaired) electrons. The normalized spacial score (nSPS) is 19.6. The molecule has 1 aromatic heterocycles. The van der Waals surface area contributed by atoms with Crippen LogP contribution in [0.5, 0.6) is 0 Å². The van der Waals surface area contributed by atoms with E-state index in [0.717, 1.165) is 10.6 Å². The molecule has 1 fully saturated rings. The first-order valence-corrected chi connectivity index (χ1v) is 12.1. The van der Waals surface area contributed by atoms with E-state index < -0.39 is 28.3 Å². The van der Waals surface area contributed by atoms with Crippen molar-refractivity contribution in [2.24, 2.45) is 0 Å². The van der Waals surface area contributed by atoms with Gasteiger partial charge in [0, 0.05) is 32.5 Å². The Morgan fingerprint density at radius 2 is 2.09 bits per heavy atom. The molecule has 2 heterocycles. The summed E-state index contributed by atoms with van der Waals surface area (Å²) in [5.41, 5.74) is 1.32. The van der Waals surface area contributed by atoms with Crippen molar-refractivity contribution in [2.75, 3.05) is 45.3 Å². The highest BCUT2D eigenvalue weighted by atomic mass is 32.2. The zero-order chi connectivity index (χ0) is 24.9. The highest BCUT2D eigenvalue weighted by Crippen LogP contribution is 2.23. The van der Waals surface area contributed by atoms with E-state index in [-0.39, 0.29) is 43.8 Å². The number of hydrogen-bond acceptors (Lipinski definition) is 9. The molecule has 0 aliphatic carbocycles. The number of oxazole rings is 1. The molecule has 34 heavy (non-hydrogen) atoms. The van der Waals surface area contributed by atoms with Crippen molar-refractivity contribution < 1.29 is 36.2 Å². The molecule has 0 bridgehead atoms. The minimum Gasteiger partial charge on any atom is -0.431 e. The number of halogens is 1. The first-order chi connectivity index (χ1) is 16.1. The number of carbonyl (C=O) groups excluding carboxylic acids is 1. The van der Waals surface area contributed by atoms with Gasteiger partial charge in [-0.25, -0.2) is 9.11 Å². The maximum Gasteiger partial charge on any atom is 0.304 e. The maximum atomic E-state index is 13.7. The number of aromatic nitrogens is 1. The molecule has 1 amide bonds. The summed E-state index contributed by atoms with van der Waals surface area (Å²) in [7, 11) is -2.76. The van der Waals surface area contributed by atoms with Crippen molar-refractivity contribution in [3.63, 3.8) is 0 Å². The molecule has 2 N–H and O–H groups in total. The van der Waals surface area contributed by atoms with Crippen LogP contribution in [0, 0.1) is 19.7 Å². The Bertz CT molecular complexity index is 1110. The fourth-order valence-electron chi connectivity index (χ4n) is 3.36. The Balaban J connectivity index is 1.67. The number of methoxy groups -OCH3 is 1. The molecule has 11 nitrogen and oxygen atoms in total. The molecular formula is C21H29FN4O7S. The van der Waals surface area contributed by atoms with Crippen LogP contribution in [-0.4, -0.2) is 75.8 Å². The molecular weight excluding hydrogens is 471 g/mol. The number of hydrogen-bond donors (Lipinski definition) is 2. The molecule has 0 unspecified atom stereocenters. The van der Waals surface area contributed by atoms with E-state index in [2.05, 4.69) is 10.3 Å². The Morgan fingerprint density at radius 1 is 1.32 bits per heavy atom. The van der Waals surface area contributed by atoms with Crippen LogP contribution in [0.2, 0.25) is 0 Å². The van der Waals surface area contributed by atoms with Gasteiger partial charge in [0.2, 0.25) is 0 Å². The number of rotatable bonds is 9. The lowest BCUT2D eigenvalue weighted by molar-refractivity contribution is -0.0777. The Kier molecular flexibility index (Phi) is 8.60. The highest BCUT2D eigenvalue weighted by molar-refractivity contribution is 7.87. The van der Waals surface area contributed by atoms with Gasteiger partial charge in [-0.1, -0.05) is 0 Å². The van der Waals surface area contributed by atoms with Gasteiger partial charge in [-0.3, -0.25) is 4.79 Å². The molecule has 1 saturated heterocycles. The summed E-state index contributed by atoms with van der Waals surface area (Å²) in [5.74, 6) is -1.31. The second kappa shape index (κ2) is 11.2. The Labute approximate surface area is 197 Å². The predicted octanol–water partition coefficient (Wildman–Crippen LogP) is 1.90. The van der Waals surface area contributed by atoms with E-state index in [1.807, 2.05) is 11.6 Å². The third-order valence-electron chi connectivity index (χ3n) is 5.31. The van der Waals surface area contributed by atoms with Crippen LogP contribution in [0.15, 0.2) is 22.8 Å². The first kappa shape index (κ1) is 26.0. The summed E-state index contributed by atoms with van der Waals surface area (Å²) in [6.45, 7) is 6.02. The minimum atomic E-state index is -4.22. The summed E-state index contributed by atoms with van der Waals surface area (Å²) in [6, 6.07) is 2.89. The van der Waals surface area contributed by atoms with Gasteiger partial charge in [-0.15, -0.1) is 0 Å². The molecule has 188 valence electrons. The van der Waals surface area contributed by atoms with Crippen LogP contribution in [-0.2, 0) is 24.4 Å². The molecule has 2 aromatic rings. The topological polar surface area (TPSA) is 132 Å². The standard InChI is InChI=1S/C21H29FN4O7S/c1-5-31-12-19-18(30-4)10-26(6-7-32-19)34(28,29)25-20(27)17-11-33-21(24-17)23-16-9-13(2)15(22)8-14(16)3/h8-9,11,18-19H,5-7,10,12H2,1-4H3,(H,23,24)(H,25,27)/t18-,19+/m1/s1. The van der Waals surface area contributed by atoms with Gasteiger partial charge in [-0.2, -0.15) is 17.7 Å². The number of amides is 1. The number of benzene rings is 1. The summed E-state index contributed by atoms with van der Waals surface area (Å²) in [5, 5.41) is 2.86. The van der Waals surface area contributed by atoms with Crippen LogP contribution in [0.1, 0.15) is 28.5 Å². The molecule has 3 rings (SSSR count). The average Bonchev–Trinajstić information content (AvgIpc) is 3.14. The second-order valence-corrected chi connectivity index (χ2v) is 9.39. The van der Waals surface area contributed by atoms with Crippen LogP contribution >= 0.6 is 0 Å². The quantitative estimate of drug-likeness (QED) is 0.530. The monoisotopic (exact) mass is 500 g/mol. The predicted molar refractivity (Wildman–Crippen MR) is 121 cm³/mol. The van der Waals surface area contributed by atoms with E-state index >= 15 is 0 Å². The molecule has 1 aromatic carbocycles. The van der Waals surface area contributed by atoms with Crippen molar-refractivity contribution in [3.8, 4) is 0 Å². The fraction of sp³-hybridized carbons (Fsp3) is 0.524. The average molecular weight is 501 g/mol. The Morgan fingerprint density at radius 3 is 2.79 bits per heavy atom. The smallest absolute Gasteiger partial charge is 0.304 e. The van der Waals surface area contributed by atoms with Crippen molar-refractivity contribution in [1.29, 1.82) is 0 Å². The van der Waals surface area contributed by atoms with Crippen LogP contribution in [0.3, 0.4) is 0 Å². The van der Waals surface area contributed by atoms with E-state index in [1.54, 1.807) is 19.9 Å². The number of aryl methyl sites for hydroxylation is 2. The second-order valence-electron chi connectivity index (χ2n) is 7.72. The van der Waals surface area contributed by atoms with Gasteiger partial charge in [-0.05, 0) is 44.0 Å². The Hall–Kier alpha value is -2.58. The molecule has 13 heteroatoms. The zero-order valence-corrected chi connectivity index (χ0v) is 20.3. The third kappa shape index (κ3) is 6.30. The summed E-state index contributed by atoms with van der Waals surface area (Å²) in [4.78, 5) is 16.6. The third-order valence-corrected chi connectivity index (χ3v) is 6.76. The van der Waals surface area contributed by atoms with E-state index in [0.29, 0.717) is 23.4 Å². The lowest BCUT2D eigenvalue weighted by Gasteiger charge is -2.25. The lowest BCUT2D eigenvalue weighted by atomic mass is 10.1. The number of nitrogens with zero attached hydrogens (tertiary/aromatic N) is 2. The number of ether oxygens (including phenoxy) is 3. The largest absolute Gasteiger partial charge is 0.431 e. The zero-order valence-electron chi connectivity index (χ0n) is 19.5. The van der Waals surface area contributed by atoms with Gasteiger partial charge >= 0.3 is 10.2 Å². The molecule has 0 spiro atoms. The van der Waals surface area contributed by atoms with E-state index in [9.17, 15) is 17.6 Å². The van der Waals surface area contributed by atoms with Gasteiger partial charge in [0.25, 0.3) is 11.9 Å². The molecule has 1 aliphatic heterocycles. The minimum absolute atomic E-state index is 0.0222. The lowest BCUT2D eigenvalue weighted by Crippen LogP contribution is -2.48. The van der Waals surface area contributed by atoms with Crippen molar-refractivity contribution >= 4 is 27.8 Å². The number of carbonyl (C=O) groups is 1. The highest BCUT2D eigenvalue weighted by Gasteiger charge is 2.35. The van der Waals surface area contributed by atoms with Gasteiger partial charge < -0.3 is 23.9 Å². The first-order valence-electron chi connectivity index (χ1n) is 10.7. The van der Waals surface area contributed by atoms with Crippen molar-refractivity contribution in [2.45, 2.75) is 33.0 Å².